The van der Waals surface area contributed by atoms with Crippen LogP contribution >= 0.6 is 0 Å². The molecule has 2 saturated carbocycles. The average Bonchev–Trinajstić information content (AvgIpc) is 4.02. The molecule has 3 fully saturated rings. The fraction of sp³-hybridized carbons (Fsp3) is 0.395. The van der Waals surface area contributed by atoms with Crippen LogP contribution in [-0.4, -0.2) is 82.4 Å². The van der Waals surface area contributed by atoms with Crippen molar-refractivity contribution in [2.24, 2.45) is 5.92 Å². The lowest BCUT2D eigenvalue weighted by Gasteiger charge is -2.29. The van der Waals surface area contributed by atoms with Gasteiger partial charge < -0.3 is 29.1 Å². The summed E-state index contributed by atoms with van der Waals surface area (Å²) < 4.78 is 60.9. The van der Waals surface area contributed by atoms with Gasteiger partial charge in [-0.2, -0.15) is 4.98 Å². The molecule has 312 valence electrons. The number of rotatable bonds is 8. The summed E-state index contributed by atoms with van der Waals surface area (Å²) in [7, 11) is -3.93. The molecule has 0 radical (unpaired) electrons. The van der Waals surface area contributed by atoms with Gasteiger partial charge in [-0.25, -0.2) is 17.8 Å². The van der Waals surface area contributed by atoms with E-state index in [-0.39, 0.29) is 42.2 Å². The average molecular weight is 839 g/mol. The third kappa shape index (κ3) is 7.73. The van der Waals surface area contributed by atoms with E-state index in [1.54, 1.807) is 12.3 Å². The Morgan fingerprint density at radius 3 is 2.57 bits per heavy atom. The first kappa shape index (κ1) is 39.4. The van der Waals surface area contributed by atoms with Crippen LogP contribution in [-0.2, 0) is 29.2 Å². The maximum Gasteiger partial charge on any atom is 0.262 e. The molecular weight excluding hydrogens is 796 g/mol. The highest BCUT2D eigenvalue weighted by atomic mass is 32.2. The van der Waals surface area contributed by atoms with E-state index in [1.165, 1.54) is 30.0 Å². The van der Waals surface area contributed by atoms with Crippen molar-refractivity contribution in [1.82, 2.24) is 30.2 Å². The van der Waals surface area contributed by atoms with Gasteiger partial charge in [-0.05, 0) is 68.9 Å². The first-order valence-corrected chi connectivity index (χ1v) is 21.8. The molecule has 60 heavy (non-hydrogen) atoms. The first-order valence-electron chi connectivity index (χ1n) is 20.2. The van der Waals surface area contributed by atoms with Crippen LogP contribution in [0.15, 0.2) is 81.8 Å². The number of furan rings is 2. The molecule has 4 aliphatic rings. The largest absolute Gasteiger partial charge is 0.470 e. The Labute approximate surface area is 344 Å². The number of ether oxygens (including phenoxy) is 1. The van der Waals surface area contributed by atoms with Gasteiger partial charge in [0.15, 0.2) is 5.82 Å². The predicted molar refractivity (Wildman–Crippen MR) is 216 cm³/mol. The van der Waals surface area contributed by atoms with E-state index >= 15 is 0 Å². The number of halogens is 1. The number of carbonyl (C=O) groups excluding carboxylic acids is 4. The number of fused-ring (bicyclic) bond motifs is 5. The lowest BCUT2D eigenvalue weighted by atomic mass is 10.0. The molecule has 2 aliphatic carbocycles. The second-order valence-corrected chi connectivity index (χ2v) is 18.0. The normalized spacial score (nSPS) is 25.4. The van der Waals surface area contributed by atoms with Crippen molar-refractivity contribution in [2.45, 2.75) is 93.7 Å². The van der Waals surface area contributed by atoms with Crippen LogP contribution in [0, 0.1) is 11.7 Å². The lowest BCUT2D eigenvalue weighted by molar-refractivity contribution is -0.142. The third-order valence-electron chi connectivity index (χ3n) is 11.7. The molecule has 0 unspecified atom stereocenters. The van der Waals surface area contributed by atoms with Gasteiger partial charge in [0.1, 0.15) is 46.4 Å². The number of aromatic nitrogens is 2. The molecule has 3 N–H and O–H groups in total. The summed E-state index contributed by atoms with van der Waals surface area (Å²) in [6, 6.07) is 12.9. The Kier molecular flexibility index (Phi) is 10.2. The van der Waals surface area contributed by atoms with Crippen LogP contribution in [0.25, 0.3) is 44.8 Å². The molecule has 3 aromatic heterocycles. The summed E-state index contributed by atoms with van der Waals surface area (Å²) in [5.74, 6) is -2.48. The second-order valence-electron chi connectivity index (χ2n) is 16.1. The molecule has 15 nitrogen and oxygen atoms in total. The van der Waals surface area contributed by atoms with Crippen molar-refractivity contribution in [1.29, 1.82) is 0 Å². The van der Waals surface area contributed by atoms with Crippen molar-refractivity contribution >= 4 is 55.7 Å². The number of nitrogens with zero attached hydrogens (tertiary/aromatic N) is 3. The van der Waals surface area contributed by atoms with E-state index in [2.05, 4.69) is 15.4 Å². The molecule has 2 aromatic carbocycles. The van der Waals surface area contributed by atoms with Crippen LogP contribution in [0.1, 0.15) is 64.7 Å². The molecule has 2 aliphatic heterocycles. The van der Waals surface area contributed by atoms with E-state index in [1.807, 2.05) is 42.5 Å². The fourth-order valence-corrected chi connectivity index (χ4v) is 9.64. The van der Waals surface area contributed by atoms with Crippen LogP contribution in [0.3, 0.4) is 0 Å². The molecule has 0 spiro atoms. The minimum Gasteiger partial charge on any atom is -0.470 e. The lowest BCUT2D eigenvalue weighted by Crippen LogP contribution is -2.58. The van der Waals surface area contributed by atoms with Crippen LogP contribution in [0.4, 0.5) is 4.39 Å². The quantitative estimate of drug-likeness (QED) is 0.171. The molecule has 5 heterocycles. The highest BCUT2D eigenvalue weighted by molar-refractivity contribution is 7.91. The van der Waals surface area contributed by atoms with Crippen molar-refractivity contribution in [3.63, 3.8) is 0 Å². The smallest absolute Gasteiger partial charge is 0.262 e. The molecule has 1 saturated heterocycles. The Morgan fingerprint density at radius 2 is 1.82 bits per heavy atom. The van der Waals surface area contributed by atoms with E-state index < -0.39 is 74.4 Å². The highest BCUT2D eigenvalue weighted by Crippen LogP contribution is 2.46. The summed E-state index contributed by atoms with van der Waals surface area (Å²) in [6.45, 7) is 1.21. The number of sulfonamides is 1. The molecule has 9 rings (SSSR count). The number of hydrogen-bond donors (Lipinski definition) is 3. The number of amides is 4. The summed E-state index contributed by atoms with van der Waals surface area (Å²) in [5.41, 5.74) is 0.628. The summed E-state index contributed by atoms with van der Waals surface area (Å²) in [4.78, 5) is 66.0. The predicted octanol–water partition coefficient (Wildman–Crippen LogP) is 5.30. The topological polar surface area (TPSA) is 203 Å². The zero-order valence-electron chi connectivity index (χ0n) is 32.7. The van der Waals surface area contributed by atoms with Crippen molar-refractivity contribution in [3.8, 4) is 28.6 Å². The summed E-state index contributed by atoms with van der Waals surface area (Å²) in [6.07, 6.45) is 8.68. The maximum absolute atomic E-state index is 14.6. The Hall–Kier alpha value is -6.10. The van der Waals surface area contributed by atoms with E-state index in [0.717, 1.165) is 18.4 Å². The van der Waals surface area contributed by atoms with Crippen LogP contribution < -0.4 is 20.1 Å². The molecule has 5 atom stereocenters. The van der Waals surface area contributed by atoms with E-state index in [4.69, 9.17) is 23.5 Å². The summed E-state index contributed by atoms with van der Waals surface area (Å²) in [5, 5.41) is 5.35. The minimum absolute atomic E-state index is 0.00532. The minimum atomic E-state index is -3.93. The van der Waals surface area contributed by atoms with Gasteiger partial charge >= 0.3 is 0 Å². The maximum atomic E-state index is 14.6. The third-order valence-corrected chi connectivity index (χ3v) is 13.5. The molecule has 0 bridgehead atoms. The van der Waals surface area contributed by atoms with Crippen molar-refractivity contribution < 1.29 is 45.6 Å². The van der Waals surface area contributed by atoms with E-state index in [0.29, 0.717) is 54.4 Å². The fourth-order valence-electron chi connectivity index (χ4n) is 8.28. The van der Waals surface area contributed by atoms with Crippen molar-refractivity contribution in [3.05, 3.63) is 78.8 Å². The zero-order chi connectivity index (χ0) is 41.8. The number of hydrogen-bond acceptors (Lipinski definition) is 11. The van der Waals surface area contributed by atoms with Gasteiger partial charge in [0.05, 0.1) is 18.1 Å². The van der Waals surface area contributed by atoms with Crippen LogP contribution in [0.5, 0.6) is 5.88 Å². The summed E-state index contributed by atoms with van der Waals surface area (Å²) >= 11 is 0. The first-order chi connectivity index (χ1) is 28.9. The van der Waals surface area contributed by atoms with Crippen LogP contribution in [0.2, 0.25) is 0 Å². The monoisotopic (exact) mass is 838 g/mol. The van der Waals surface area contributed by atoms with Crippen molar-refractivity contribution in [2.75, 3.05) is 6.54 Å². The molecule has 4 amide bonds. The number of benzene rings is 2. The van der Waals surface area contributed by atoms with E-state index in [9.17, 15) is 32.0 Å². The second kappa shape index (κ2) is 15.5. The Morgan fingerprint density at radius 1 is 1.02 bits per heavy atom. The Bertz CT molecular complexity index is 2640. The van der Waals surface area contributed by atoms with Gasteiger partial charge in [0, 0.05) is 35.8 Å². The van der Waals surface area contributed by atoms with Gasteiger partial charge in [-0.1, -0.05) is 49.3 Å². The molecular formula is C43H43FN6O9S. The number of carbonyl (C=O) groups is 4. The van der Waals surface area contributed by atoms with Gasteiger partial charge in [0.25, 0.3) is 11.8 Å². The standard InChI is InChI=1S/C43H43FN6O9S/c1-24(51)45-32-9-6-4-2-3-5-8-27-22-43(27,42(54)49-60(55,56)30-16-17-30)48-39(52)33-21-29(23-50(33)41(32)53)58-40-37-36(31-20-28(44)15-18-35(31)59-37)46-38(47-40)26-13-11-25(12-14-26)34-10-7-19-57-34/h5,7-8,10-15,18-20,27,29-30,32-33H,2-4,6,9,16-17,21-23H2,1H3,(H,45,51)(H,48,52)(H,49,54)/b8-5-/t27-,29-,32+,33+,43-/m1/s1. The number of nitrogens with one attached hydrogen (secondary N) is 3. The Balaban J connectivity index is 1.07. The molecule has 17 heteroatoms. The number of allylic oxidation sites excluding steroid dienone is 1. The molecule has 5 aromatic rings. The highest BCUT2D eigenvalue weighted by Gasteiger charge is 2.62. The SMILES string of the molecule is CC(=O)N[C@H]1CCCCC/C=C\[C@@H]2C[C@@]2(C(=O)NS(=O)(=O)C2CC2)NC(=O)[C@@H]2C[C@@H](Oc3nc(-c4ccc(-c5ccco5)cc4)nc4c3oc3ccc(F)cc34)CN2C1=O. The van der Waals surface area contributed by atoms with Gasteiger partial charge in [-0.15, -0.1) is 0 Å². The zero-order valence-corrected chi connectivity index (χ0v) is 33.5. The van der Waals surface area contributed by atoms with Gasteiger partial charge in [-0.3, -0.25) is 23.9 Å². The van der Waals surface area contributed by atoms with Gasteiger partial charge in [0.2, 0.25) is 33.3 Å².